The molecule has 0 aliphatic carbocycles. The molecule has 7 nitrogen and oxygen atoms in total. The summed E-state index contributed by atoms with van der Waals surface area (Å²) in [6, 6.07) is 29.7. The van der Waals surface area contributed by atoms with Gasteiger partial charge in [0.05, 0.1) is 4.90 Å². The average Bonchev–Trinajstić information content (AvgIpc) is 3.90. The van der Waals surface area contributed by atoms with Crippen LogP contribution in [0.5, 0.6) is 0 Å². The van der Waals surface area contributed by atoms with E-state index in [0.717, 1.165) is 27.8 Å². The van der Waals surface area contributed by atoms with Gasteiger partial charge in [-0.3, -0.25) is 4.55 Å². The lowest BCUT2D eigenvalue weighted by Gasteiger charge is -2.18. The van der Waals surface area contributed by atoms with E-state index in [0.29, 0.717) is 10.5 Å². The molecule has 0 saturated carbocycles. The lowest BCUT2D eigenvalue weighted by molar-refractivity contribution is 0.0850. The van der Waals surface area contributed by atoms with E-state index in [1.807, 2.05) is 78.9 Å². The first-order chi connectivity index (χ1) is 24.6. The molecular formula is C42H55NO6S2. The van der Waals surface area contributed by atoms with Gasteiger partial charge in [0.1, 0.15) is 4.90 Å². The van der Waals surface area contributed by atoms with Crippen LogP contribution in [-0.2, 0) is 18.8 Å². The van der Waals surface area contributed by atoms with Crippen LogP contribution in [0.2, 0.25) is 0 Å². The Hall–Kier alpha value is -3.54. The van der Waals surface area contributed by atoms with Crippen molar-refractivity contribution in [2.45, 2.75) is 82.9 Å². The molecule has 5 rings (SSSR count). The molecule has 4 aromatic rings. The molecule has 0 bridgehead atoms. The van der Waals surface area contributed by atoms with Gasteiger partial charge in [0.15, 0.2) is 10.9 Å². The van der Waals surface area contributed by atoms with Crippen LogP contribution in [0, 0.1) is 0 Å². The predicted molar refractivity (Wildman–Crippen MR) is 216 cm³/mol. The monoisotopic (exact) mass is 733 g/mol. The Morgan fingerprint density at radius 2 is 1.10 bits per heavy atom. The third-order valence-electron chi connectivity index (χ3n) is 8.18. The summed E-state index contributed by atoms with van der Waals surface area (Å²) in [5.41, 5.74) is 5.25. The molecule has 0 unspecified atom stereocenters. The SMILES string of the molecule is CCCCC.CCCCN(CC)CCC.O=S(=O)(O)c1ccccc1/C=C/c1ccc(-c2ccc(/C=C/c3ccccc3S3(O)OO3)cc2)cc1. The van der Waals surface area contributed by atoms with Crippen LogP contribution in [0.15, 0.2) is 107 Å². The quantitative estimate of drug-likeness (QED) is 0.0542. The zero-order chi connectivity index (χ0) is 37.1. The lowest BCUT2D eigenvalue weighted by atomic mass is 10.0. The molecule has 0 spiro atoms. The molecule has 0 aromatic heterocycles. The number of unbranched alkanes of at least 4 members (excludes halogenated alkanes) is 3. The fraction of sp³-hybridized carbons (Fsp3) is 0.333. The minimum atomic E-state index is -4.29. The highest BCUT2D eigenvalue weighted by atomic mass is 32.3. The molecule has 1 aliphatic rings. The number of hydrogen-bond donors (Lipinski definition) is 2. The van der Waals surface area contributed by atoms with Crippen LogP contribution >= 0.6 is 10.9 Å². The van der Waals surface area contributed by atoms with Gasteiger partial charge >= 0.3 is 0 Å². The molecule has 51 heavy (non-hydrogen) atoms. The third-order valence-corrected chi connectivity index (χ3v) is 10.4. The molecule has 1 fully saturated rings. The third kappa shape index (κ3) is 14.2. The van der Waals surface area contributed by atoms with E-state index in [2.05, 4.69) is 39.5 Å². The van der Waals surface area contributed by atoms with Gasteiger partial charge in [-0.15, -0.1) is 8.67 Å². The maximum atomic E-state index is 11.6. The summed E-state index contributed by atoms with van der Waals surface area (Å²) >= 11 is 0. The van der Waals surface area contributed by atoms with E-state index in [9.17, 15) is 17.5 Å². The first-order valence-corrected chi connectivity index (χ1v) is 20.8. The van der Waals surface area contributed by atoms with Crippen molar-refractivity contribution >= 4 is 45.3 Å². The van der Waals surface area contributed by atoms with Crippen LogP contribution in [-0.4, -0.2) is 42.1 Å². The van der Waals surface area contributed by atoms with Crippen molar-refractivity contribution in [2.75, 3.05) is 19.6 Å². The highest BCUT2D eigenvalue weighted by Crippen LogP contribution is 2.69. The second-order valence-corrected chi connectivity index (χ2v) is 15.3. The van der Waals surface area contributed by atoms with Gasteiger partial charge in [0.25, 0.3) is 10.1 Å². The zero-order valence-electron chi connectivity index (χ0n) is 30.7. The standard InChI is InChI=1S/C28H22O6S2.C9H21N.C5H12/c29-35(30,31)27-7-3-1-5-25(27)19-13-21-9-15-23(16-10-21)24-17-11-22(12-18-24)14-20-26-6-2-4-8-28(26)36(32)33-34-36;1-4-7-9-10(6-3)8-5-2;1-3-5-4-2/h1-20,32H,(H,29,30,31);4-9H2,1-3H3;3-5H2,1-2H3/b19-13+,20-14+;;. The Labute approximate surface area is 308 Å². The minimum absolute atomic E-state index is 0.123. The molecule has 276 valence electrons. The van der Waals surface area contributed by atoms with Crippen molar-refractivity contribution in [2.24, 2.45) is 0 Å². The maximum Gasteiger partial charge on any atom is 0.295 e. The summed E-state index contributed by atoms with van der Waals surface area (Å²) < 4.78 is 52.2. The topological polar surface area (TPSA) is 103 Å². The summed E-state index contributed by atoms with van der Waals surface area (Å²) in [6.45, 7) is 14.9. The van der Waals surface area contributed by atoms with Gasteiger partial charge in [0, 0.05) is 0 Å². The Balaban J connectivity index is 0.000000394. The first kappa shape index (κ1) is 41.9. The fourth-order valence-electron chi connectivity index (χ4n) is 5.23. The maximum absolute atomic E-state index is 11.6. The minimum Gasteiger partial charge on any atom is -0.304 e. The Bertz CT molecular complexity index is 1760. The van der Waals surface area contributed by atoms with Crippen molar-refractivity contribution in [3.63, 3.8) is 0 Å². The Morgan fingerprint density at radius 1 is 0.608 bits per heavy atom. The lowest BCUT2D eigenvalue weighted by Crippen LogP contribution is -2.25. The zero-order valence-corrected chi connectivity index (χ0v) is 32.3. The van der Waals surface area contributed by atoms with E-state index < -0.39 is 21.0 Å². The number of nitrogens with zero attached hydrogens (tertiary/aromatic N) is 1. The van der Waals surface area contributed by atoms with Gasteiger partial charge in [-0.25, -0.2) is 0 Å². The van der Waals surface area contributed by atoms with Crippen LogP contribution < -0.4 is 0 Å². The molecule has 1 saturated heterocycles. The molecular weight excluding hydrogens is 679 g/mol. The van der Waals surface area contributed by atoms with Gasteiger partial charge in [-0.05, 0) is 78.0 Å². The highest BCUT2D eigenvalue weighted by molar-refractivity contribution is 8.24. The van der Waals surface area contributed by atoms with E-state index in [1.54, 1.807) is 36.4 Å². The van der Waals surface area contributed by atoms with Gasteiger partial charge < -0.3 is 9.45 Å². The summed E-state index contributed by atoms with van der Waals surface area (Å²) in [4.78, 5) is 3.03. The molecule has 1 aliphatic heterocycles. The molecule has 0 radical (unpaired) electrons. The van der Waals surface area contributed by atoms with Crippen molar-refractivity contribution in [1.82, 2.24) is 4.90 Å². The predicted octanol–water partition coefficient (Wildman–Crippen LogP) is 12.1. The number of rotatable bonds is 15. The van der Waals surface area contributed by atoms with Gasteiger partial charge in [-0.1, -0.05) is 170 Å². The smallest absolute Gasteiger partial charge is 0.295 e. The summed E-state index contributed by atoms with van der Waals surface area (Å²) in [5.74, 6) is 0. The van der Waals surface area contributed by atoms with E-state index in [-0.39, 0.29) is 4.90 Å². The van der Waals surface area contributed by atoms with E-state index in [1.165, 1.54) is 64.2 Å². The summed E-state index contributed by atoms with van der Waals surface area (Å²) in [5, 5.41) is 0. The van der Waals surface area contributed by atoms with E-state index in [4.69, 9.17) is 8.67 Å². The number of benzene rings is 4. The molecule has 4 aromatic carbocycles. The fourth-order valence-corrected chi connectivity index (χ4v) is 6.96. The largest absolute Gasteiger partial charge is 0.304 e. The van der Waals surface area contributed by atoms with Crippen molar-refractivity contribution < 1.29 is 26.2 Å². The molecule has 2 N–H and O–H groups in total. The highest BCUT2D eigenvalue weighted by Gasteiger charge is 2.44. The molecule has 0 amide bonds. The number of hydrogen-bond acceptors (Lipinski definition) is 6. The van der Waals surface area contributed by atoms with Crippen LogP contribution in [0.25, 0.3) is 35.4 Å². The van der Waals surface area contributed by atoms with Crippen LogP contribution in [0.3, 0.4) is 0 Å². The van der Waals surface area contributed by atoms with Crippen molar-refractivity contribution in [3.8, 4) is 11.1 Å². The van der Waals surface area contributed by atoms with Crippen molar-refractivity contribution in [3.05, 3.63) is 119 Å². The second-order valence-electron chi connectivity index (χ2n) is 12.2. The van der Waals surface area contributed by atoms with E-state index >= 15 is 0 Å². The Morgan fingerprint density at radius 3 is 1.55 bits per heavy atom. The Kier molecular flexibility index (Phi) is 17.8. The molecule has 0 atom stereocenters. The van der Waals surface area contributed by atoms with Gasteiger partial charge in [0.2, 0.25) is 0 Å². The second kappa shape index (κ2) is 21.7. The summed E-state index contributed by atoms with van der Waals surface area (Å²) in [7, 11) is -6.84. The summed E-state index contributed by atoms with van der Waals surface area (Å²) in [6.07, 6.45) is 15.4. The first-order valence-electron chi connectivity index (χ1n) is 18.0. The van der Waals surface area contributed by atoms with Crippen LogP contribution in [0.4, 0.5) is 0 Å². The van der Waals surface area contributed by atoms with Gasteiger partial charge in [-0.2, -0.15) is 8.42 Å². The normalized spacial score (nSPS) is 14.1. The molecule has 1 heterocycles. The molecule has 9 heteroatoms. The van der Waals surface area contributed by atoms with Crippen LogP contribution in [0.1, 0.15) is 95.4 Å². The van der Waals surface area contributed by atoms with Crippen molar-refractivity contribution in [1.29, 1.82) is 0 Å². The average molecular weight is 734 g/mol.